The van der Waals surface area contributed by atoms with E-state index in [0.717, 1.165) is 23.4 Å². The van der Waals surface area contributed by atoms with Crippen molar-refractivity contribution in [2.75, 3.05) is 44.5 Å². The summed E-state index contributed by atoms with van der Waals surface area (Å²) in [4.78, 5) is 33.7. The Morgan fingerprint density at radius 2 is 1.62 bits per heavy atom. The lowest BCUT2D eigenvalue weighted by atomic mass is 10.0. The molecule has 0 spiro atoms. The number of aliphatic carboxylic acids is 1. The number of carboxylic acid groups (broad SMARTS) is 1. The lowest BCUT2D eigenvalue weighted by Gasteiger charge is -2.16. The van der Waals surface area contributed by atoms with Gasteiger partial charge in [0, 0.05) is 30.1 Å². The van der Waals surface area contributed by atoms with Crippen molar-refractivity contribution in [3.05, 3.63) is 95.8 Å². The van der Waals surface area contributed by atoms with Crippen molar-refractivity contribution in [1.82, 2.24) is 20.2 Å². The van der Waals surface area contributed by atoms with Crippen LogP contribution in [0.4, 0.5) is 36.2 Å². The molecule has 0 aliphatic rings. The van der Waals surface area contributed by atoms with E-state index in [0.29, 0.717) is 40.9 Å². The van der Waals surface area contributed by atoms with Gasteiger partial charge in [-0.1, -0.05) is 24.3 Å². The van der Waals surface area contributed by atoms with Crippen LogP contribution >= 0.6 is 0 Å². The fourth-order valence-corrected chi connectivity index (χ4v) is 4.65. The normalized spacial score (nSPS) is 11.9. The summed E-state index contributed by atoms with van der Waals surface area (Å²) in [5.74, 6) is 0.530. The second kappa shape index (κ2) is 16.4. The summed E-state index contributed by atoms with van der Waals surface area (Å²) >= 11 is 0. The monoisotopic (exact) mass is 667 g/mol. The van der Waals surface area contributed by atoms with E-state index < -0.39 is 29.7 Å². The average molecular weight is 668 g/mol. The number of nitrogens with one attached hydrogen (secondary N) is 3. The average Bonchev–Trinajstić information content (AvgIpc) is 3.03. The van der Waals surface area contributed by atoms with Gasteiger partial charge in [-0.05, 0) is 61.0 Å². The van der Waals surface area contributed by atoms with Crippen molar-refractivity contribution >= 4 is 34.9 Å². The second-order valence-electron chi connectivity index (χ2n) is 10.8. The third-order valence-corrected chi connectivity index (χ3v) is 6.89. The van der Waals surface area contributed by atoms with Crippen LogP contribution in [0.3, 0.4) is 0 Å². The third kappa shape index (κ3) is 10.8. The number of amides is 1. The maximum atomic E-state index is 12.8. The molecule has 1 amide bonds. The predicted molar refractivity (Wildman–Crippen MR) is 174 cm³/mol. The van der Waals surface area contributed by atoms with Gasteiger partial charge in [-0.25, -0.2) is 9.97 Å². The van der Waals surface area contributed by atoms with Gasteiger partial charge in [0.2, 0.25) is 5.91 Å². The van der Waals surface area contributed by atoms with Crippen molar-refractivity contribution in [1.29, 1.82) is 0 Å². The number of aromatic nitrogens is 2. The Morgan fingerprint density at radius 1 is 0.938 bits per heavy atom. The molecule has 3 aromatic carbocycles. The van der Waals surface area contributed by atoms with Gasteiger partial charge in [0.1, 0.15) is 24.6 Å². The number of hydrogen-bond acceptors (Lipinski definition) is 10. The summed E-state index contributed by atoms with van der Waals surface area (Å²) < 4.78 is 49.6. The minimum Gasteiger partial charge on any atom is -0.493 e. The number of carboxylic acids is 1. The highest BCUT2D eigenvalue weighted by molar-refractivity contribution is 5.81. The Bertz CT molecular complexity index is 1690. The molecular formula is C33H36F3N7O5. The molecule has 0 unspecified atom stereocenters. The highest BCUT2D eigenvalue weighted by Crippen LogP contribution is 2.32. The van der Waals surface area contributed by atoms with Crippen LogP contribution in [-0.2, 0) is 28.7 Å². The number of alkyl halides is 3. The molecule has 0 fully saturated rings. The maximum Gasteiger partial charge on any atom is 0.416 e. The van der Waals surface area contributed by atoms with Crippen LogP contribution in [0.25, 0.3) is 0 Å². The van der Waals surface area contributed by atoms with Crippen LogP contribution in [-0.4, -0.2) is 71.7 Å². The largest absolute Gasteiger partial charge is 0.493 e. The number of nitrogens with two attached hydrogens (primary N) is 1. The first-order valence-corrected chi connectivity index (χ1v) is 14.7. The van der Waals surface area contributed by atoms with E-state index in [9.17, 15) is 22.8 Å². The number of carbonyl (C=O) groups excluding carboxylic acids is 1. The van der Waals surface area contributed by atoms with E-state index in [4.69, 9.17) is 20.3 Å². The Labute approximate surface area is 275 Å². The first kappa shape index (κ1) is 35.4. The van der Waals surface area contributed by atoms with E-state index in [-0.39, 0.29) is 26.1 Å². The summed E-state index contributed by atoms with van der Waals surface area (Å²) in [5.41, 5.74) is 8.04. The standard InChI is InChI=1S/C33H36F3N7O5/c1-43(19-31(44)45)18-22-4-3-5-24(14-22)41-29-17-30(40-20-39-29)42-25-10-11-27(47-2)28(16-25)48-13-12-38-32(46)26(37)15-21-6-8-23(9-7-21)33(34,35)36/h3-11,14,16-17,20,26H,12-13,15,18-19,37H2,1-2H3,(H,38,46)(H,44,45)(H2,39,40,41,42)/t26-/m0/s1. The zero-order chi connectivity index (χ0) is 34.7. The Kier molecular flexibility index (Phi) is 12.1. The summed E-state index contributed by atoms with van der Waals surface area (Å²) in [7, 11) is 3.23. The number of anilines is 4. The Hall–Kier alpha value is -5.41. The SMILES string of the molecule is COc1ccc(Nc2cc(Nc3cccc(CN(C)CC(=O)O)c3)ncn2)cc1OCCNC(=O)[C@@H](N)Cc1ccc(C(F)(F)F)cc1. The van der Waals surface area contributed by atoms with Crippen molar-refractivity contribution in [3.63, 3.8) is 0 Å². The van der Waals surface area contributed by atoms with Crippen molar-refractivity contribution in [2.24, 2.45) is 5.73 Å². The van der Waals surface area contributed by atoms with Crippen LogP contribution in [0.15, 0.2) is 79.1 Å². The van der Waals surface area contributed by atoms with Gasteiger partial charge >= 0.3 is 12.1 Å². The topological polar surface area (TPSA) is 164 Å². The highest BCUT2D eigenvalue weighted by Gasteiger charge is 2.30. The van der Waals surface area contributed by atoms with E-state index in [1.807, 2.05) is 24.3 Å². The smallest absolute Gasteiger partial charge is 0.416 e. The molecule has 1 heterocycles. The first-order valence-electron chi connectivity index (χ1n) is 14.7. The van der Waals surface area contributed by atoms with E-state index >= 15 is 0 Å². The van der Waals surface area contributed by atoms with Gasteiger partial charge in [0.25, 0.3) is 0 Å². The van der Waals surface area contributed by atoms with Crippen LogP contribution < -0.4 is 31.2 Å². The molecule has 48 heavy (non-hydrogen) atoms. The molecule has 1 aromatic heterocycles. The number of carbonyl (C=O) groups is 2. The highest BCUT2D eigenvalue weighted by atomic mass is 19.4. The van der Waals surface area contributed by atoms with Crippen molar-refractivity contribution in [2.45, 2.75) is 25.2 Å². The summed E-state index contributed by atoms with van der Waals surface area (Å²) in [6, 6.07) is 18.1. The van der Waals surface area contributed by atoms with E-state index in [1.165, 1.54) is 25.6 Å². The number of nitrogens with zero attached hydrogens (tertiary/aromatic N) is 3. The van der Waals surface area contributed by atoms with Crippen LogP contribution in [0.2, 0.25) is 0 Å². The fourth-order valence-electron chi connectivity index (χ4n) is 4.65. The number of rotatable bonds is 16. The van der Waals surface area contributed by atoms with Gasteiger partial charge < -0.3 is 36.3 Å². The number of halogens is 3. The Balaban J connectivity index is 1.29. The Morgan fingerprint density at radius 3 is 2.27 bits per heavy atom. The second-order valence-corrected chi connectivity index (χ2v) is 10.8. The van der Waals surface area contributed by atoms with Gasteiger partial charge in [-0.2, -0.15) is 13.2 Å². The molecule has 4 rings (SSSR count). The van der Waals surface area contributed by atoms with E-state index in [2.05, 4.69) is 25.9 Å². The lowest BCUT2D eigenvalue weighted by Crippen LogP contribution is -2.43. The van der Waals surface area contributed by atoms with Gasteiger partial charge in [-0.15, -0.1) is 0 Å². The van der Waals surface area contributed by atoms with Crippen molar-refractivity contribution in [3.8, 4) is 11.5 Å². The number of likely N-dealkylation sites (N-methyl/N-ethyl adjacent to an activating group) is 1. The molecule has 12 nitrogen and oxygen atoms in total. The lowest BCUT2D eigenvalue weighted by molar-refractivity contribution is -0.138. The third-order valence-electron chi connectivity index (χ3n) is 6.89. The molecule has 15 heteroatoms. The minimum absolute atomic E-state index is 0.0703. The van der Waals surface area contributed by atoms with Crippen LogP contribution in [0, 0.1) is 0 Å². The number of ether oxygens (including phenoxy) is 2. The van der Waals surface area contributed by atoms with Gasteiger partial charge in [-0.3, -0.25) is 14.5 Å². The number of methoxy groups -OCH3 is 1. The summed E-state index contributed by atoms with van der Waals surface area (Å²) in [5, 5.41) is 18.1. The maximum absolute atomic E-state index is 12.8. The number of benzene rings is 3. The zero-order valence-electron chi connectivity index (χ0n) is 26.3. The quantitative estimate of drug-likeness (QED) is 0.106. The molecule has 254 valence electrons. The first-order chi connectivity index (χ1) is 22.9. The summed E-state index contributed by atoms with van der Waals surface area (Å²) in [6.07, 6.45) is -2.96. The molecule has 4 aromatic rings. The molecule has 0 saturated heterocycles. The van der Waals surface area contributed by atoms with Gasteiger partial charge in [0.15, 0.2) is 11.5 Å². The fraction of sp³-hybridized carbons (Fsp3) is 0.273. The molecule has 0 radical (unpaired) electrons. The molecule has 0 bridgehead atoms. The van der Waals surface area contributed by atoms with Crippen molar-refractivity contribution < 1.29 is 37.3 Å². The van der Waals surface area contributed by atoms with Crippen LogP contribution in [0.5, 0.6) is 11.5 Å². The minimum atomic E-state index is -4.44. The molecule has 0 aliphatic carbocycles. The predicted octanol–water partition coefficient (Wildman–Crippen LogP) is 4.57. The zero-order valence-corrected chi connectivity index (χ0v) is 26.3. The molecule has 0 saturated carbocycles. The van der Waals surface area contributed by atoms with E-state index in [1.54, 1.807) is 36.2 Å². The molecule has 1 atom stereocenters. The molecule has 0 aliphatic heterocycles. The molecular weight excluding hydrogens is 631 g/mol. The molecule has 6 N–H and O–H groups in total. The summed E-state index contributed by atoms with van der Waals surface area (Å²) in [6.45, 7) is 0.606. The van der Waals surface area contributed by atoms with Gasteiger partial charge in [0.05, 0.1) is 31.8 Å². The number of hydrogen-bond donors (Lipinski definition) is 5. The van der Waals surface area contributed by atoms with Crippen LogP contribution in [0.1, 0.15) is 16.7 Å².